The van der Waals surface area contributed by atoms with Crippen molar-refractivity contribution in [2.24, 2.45) is 0 Å². The largest absolute Gasteiger partial charge is 0.286 e. The van der Waals surface area contributed by atoms with Crippen LogP contribution in [0, 0.1) is 0 Å². The highest BCUT2D eigenvalue weighted by Crippen LogP contribution is 2.08. The number of thiol groups is 1. The first kappa shape index (κ1) is 11.3. The van der Waals surface area contributed by atoms with E-state index in [1.165, 1.54) is 0 Å². The van der Waals surface area contributed by atoms with Crippen molar-refractivity contribution in [2.45, 2.75) is 31.4 Å². The van der Waals surface area contributed by atoms with Gasteiger partial charge in [0, 0.05) is 5.25 Å². The van der Waals surface area contributed by atoms with E-state index in [2.05, 4.69) is 12.6 Å². The highest BCUT2D eigenvalue weighted by molar-refractivity contribution is 7.85. The van der Waals surface area contributed by atoms with Gasteiger partial charge in [-0.2, -0.15) is 21.0 Å². The Hall–Kier alpha value is 0.260. The van der Waals surface area contributed by atoms with Gasteiger partial charge in [0.2, 0.25) is 0 Å². The van der Waals surface area contributed by atoms with Crippen molar-refractivity contribution < 1.29 is 13.0 Å². The summed E-state index contributed by atoms with van der Waals surface area (Å²) in [5.74, 6) is -0.149. The molecule has 0 heterocycles. The maximum Gasteiger partial charge on any atom is 0.264 e. The lowest BCUT2D eigenvalue weighted by molar-refractivity contribution is 0.479. The Bertz CT molecular complexity index is 186. The van der Waals surface area contributed by atoms with Crippen LogP contribution in [0.1, 0.15) is 26.2 Å². The smallest absolute Gasteiger partial charge is 0.264 e. The van der Waals surface area contributed by atoms with Gasteiger partial charge in [0.05, 0.1) is 5.75 Å². The van der Waals surface area contributed by atoms with Crippen LogP contribution in [0.4, 0.5) is 0 Å². The molecule has 0 saturated carbocycles. The SMILES string of the molecule is CCC(S)CCCS(=O)(=O)O. The summed E-state index contributed by atoms with van der Waals surface area (Å²) < 4.78 is 28.8. The van der Waals surface area contributed by atoms with Gasteiger partial charge in [-0.3, -0.25) is 4.55 Å². The van der Waals surface area contributed by atoms with E-state index in [0.29, 0.717) is 6.42 Å². The van der Waals surface area contributed by atoms with Crippen molar-refractivity contribution >= 4 is 22.7 Å². The molecule has 1 unspecified atom stereocenters. The zero-order valence-corrected chi connectivity index (χ0v) is 8.24. The van der Waals surface area contributed by atoms with E-state index in [4.69, 9.17) is 4.55 Å². The van der Waals surface area contributed by atoms with Crippen molar-refractivity contribution in [3.05, 3.63) is 0 Å². The molecule has 0 bridgehead atoms. The summed E-state index contributed by atoms with van der Waals surface area (Å²) in [4.78, 5) is 0. The Labute approximate surface area is 73.3 Å². The van der Waals surface area contributed by atoms with Crippen LogP contribution in [0.15, 0.2) is 0 Å². The molecule has 0 amide bonds. The summed E-state index contributed by atoms with van der Waals surface area (Å²) in [7, 11) is -3.76. The number of hydrogen-bond acceptors (Lipinski definition) is 3. The van der Waals surface area contributed by atoms with Gasteiger partial charge in [0.25, 0.3) is 10.1 Å². The Kier molecular flexibility index (Phi) is 5.12. The molecule has 1 N–H and O–H groups in total. The van der Waals surface area contributed by atoms with Gasteiger partial charge >= 0.3 is 0 Å². The van der Waals surface area contributed by atoms with Crippen LogP contribution < -0.4 is 0 Å². The highest BCUT2D eigenvalue weighted by Gasteiger charge is 2.05. The monoisotopic (exact) mass is 198 g/mol. The molecule has 0 spiro atoms. The fourth-order valence-electron chi connectivity index (χ4n) is 0.705. The zero-order valence-electron chi connectivity index (χ0n) is 6.52. The normalized spacial score (nSPS) is 14.8. The second-order valence-electron chi connectivity index (χ2n) is 2.49. The first-order chi connectivity index (χ1) is 4.95. The molecule has 0 aliphatic rings. The molecule has 5 heteroatoms. The first-order valence-electron chi connectivity index (χ1n) is 3.59. The molecule has 11 heavy (non-hydrogen) atoms. The van der Waals surface area contributed by atoms with E-state index in [0.717, 1.165) is 12.8 Å². The van der Waals surface area contributed by atoms with Crippen LogP contribution in [0.5, 0.6) is 0 Å². The maximum absolute atomic E-state index is 10.2. The average Bonchev–Trinajstić information content (AvgIpc) is 1.85. The van der Waals surface area contributed by atoms with Crippen molar-refractivity contribution in [2.75, 3.05) is 5.75 Å². The van der Waals surface area contributed by atoms with Crippen molar-refractivity contribution in [1.29, 1.82) is 0 Å². The number of hydrogen-bond donors (Lipinski definition) is 2. The lowest BCUT2D eigenvalue weighted by Gasteiger charge is -2.04. The molecular weight excluding hydrogens is 184 g/mol. The molecule has 0 aromatic heterocycles. The summed E-state index contributed by atoms with van der Waals surface area (Å²) >= 11 is 4.18. The quantitative estimate of drug-likeness (QED) is 0.518. The third kappa shape index (κ3) is 8.16. The van der Waals surface area contributed by atoms with Gasteiger partial charge in [-0.15, -0.1) is 0 Å². The Morgan fingerprint density at radius 3 is 2.45 bits per heavy atom. The van der Waals surface area contributed by atoms with E-state index in [1.54, 1.807) is 0 Å². The second-order valence-corrected chi connectivity index (χ2v) is 4.79. The van der Waals surface area contributed by atoms with Crippen LogP contribution in [-0.2, 0) is 10.1 Å². The molecular formula is C6H14O3S2. The molecule has 68 valence electrons. The fourth-order valence-corrected chi connectivity index (χ4v) is 1.42. The first-order valence-corrected chi connectivity index (χ1v) is 5.71. The van der Waals surface area contributed by atoms with Crippen LogP contribution in [0.2, 0.25) is 0 Å². The zero-order chi connectivity index (χ0) is 8.91. The standard InChI is InChI=1S/C6H14O3S2/c1-2-6(10)4-3-5-11(7,8)9/h6,10H,2-5H2,1H3,(H,7,8,9). The van der Waals surface area contributed by atoms with Gasteiger partial charge in [-0.1, -0.05) is 6.92 Å². The minimum atomic E-state index is -3.76. The predicted molar refractivity (Wildman–Crippen MR) is 48.7 cm³/mol. The Balaban J connectivity index is 3.43. The number of rotatable bonds is 5. The topological polar surface area (TPSA) is 54.4 Å². The predicted octanol–water partition coefficient (Wildman–Crippen LogP) is 1.36. The average molecular weight is 198 g/mol. The van der Waals surface area contributed by atoms with Crippen molar-refractivity contribution in [3.63, 3.8) is 0 Å². The van der Waals surface area contributed by atoms with Crippen LogP contribution >= 0.6 is 12.6 Å². The Morgan fingerprint density at radius 1 is 1.55 bits per heavy atom. The minimum absolute atomic E-state index is 0.149. The van der Waals surface area contributed by atoms with Crippen molar-refractivity contribution in [3.8, 4) is 0 Å². The molecule has 0 aromatic rings. The maximum atomic E-state index is 10.2. The van der Waals surface area contributed by atoms with E-state index >= 15 is 0 Å². The summed E-state index contributed by atoms with van der Waals surface area (Å²) in [6.07, 6.45) is 2.15. The Morgan fingerprint density at radius 2 is 2.09 bits per heavy atom. The van der Waals surface area contributed by atoms with Gasteiger partial charge in [0.1, 0.15) is 0 Å². The fraction of sp³-hybridized carbons (Fsp3) is 1.00. The van der Waals surface area contributed by atoms with Gasteiger partial charge in [-0.05, 0) is 19.3 Å². The molecule has 0 aliphatic heterocycles. The van der Waals surface area contributed by atoms with Gasteiger partial charge < -0.3 is 0 Å². The third-order valence-electron chi connectivity index (χ3n) is 1.41. The molecule has 0 rings (SSSR count). The molecule has 0 fully saturated rings. The molecule has 1 atom stereocenters. The third-order valence-corrected chi connectivity index (χ3v) is 2.84. The lowest BCUT2D eigenvalue weighted by atomic mass is 10.2. The molecule has 3 nitrogen and oxygen atoms in total. The summed E-state index contributed by atoms with van der Waals surface area (Å²) in [6.45, 7) is 1.99. The van der Waals surface area contributed by atoms with E-state index in [-0.39, 0.29) is 11.0 Å². The van der Waals surface area contributed by atoms with E-state index in [9.17, 15) is 8.42 Å². The minimum Gasteiger partial charge on any atom is -0.286 e. The van der Waals surface area contributed by atoms with Crippen LogP contribution in [0.3, 0.4) is 0 Å². The molecule has 0 saturated heterocycles. The van der Waals surface area contributed by atoms with E-state index < -0.39 is 10.1 Å². The summed E-state index contributed by atoms with van der Waals surface area (Å²) in [5, 5.41) is 0.247. The lowest BCUT2D eigenvalue weighted by Crippen LogP contribution is -2.06. The molecule has 0 aliphatic carbocycles. The molecule has 0 aromatic carbocycles. The summed E-state index contributed by atoms with van der Waals surface area (Å²) in [5.41, 5.74) is 0. The summed E-state index contributed by atoms with van der Waals surface area (Å²) in [6, 6.07) is 0. The van der Waals surface area contributed by atoms with Crippen LogP contribution in [0.25, 0.3) is 0 Å². The van der Waals surface area contributed by atoms with Crippen molar-refractivity contribution in [1.82, 2.24) is 0 Å². The van der Waals surface area contributed by atoms with Gasteiger partial charge in [0.15, 0.2) is 0 Å². The van der Waals surface area contributed by atoms with Crippen LogP contribution in [-0.4, -0.2) is 24.0 Å². The van der Waals surface area contributed by atoms with Gasteiger partial charge in [-0.25, -0.2) is 0 Å². The second kappa shape index (κ2) is 5.00. The van der Waals surface area contributed by atoms with E-state index in [1.807, 2.05) is 6.92 Å². The molecule has 0 radical (unpaired) electrons. The highest BCUT2D eigenvalue weighted by atomic mass is 32.2.